The highest BCUT2D eigenvalue weighted by Gasteiger charge is 2.11. The highest BCUT2D eigenvalue weighted by Crippen LogP contribution is 2.25. The zero-order valence-electron chi connectivity index (χ0n) is 10.4. The first-order valence-electron chi connectivity index (χ1n) is 5.95. The van der Waals surface area contributed by atoms with Crippen LogP contribution in [0.15, 0.2) is 30.6 Å². The molecule has 0 radical (unpaired) electrons. The summed E-state index contributed by atoms with van der Waals surface area (Å²) in [6.45, 7) is 2.05. The van der Waals surface area contributed by atoms with Crippen molar-refractivity contribution in [2.45, 2.75) is 19.8 Å². The third-order valence-electron chi connectivity index (χ3n) is 2.80. The number of rotatable bonds is 4. The highest BCUT2D eigenvalue weighted by atomic mass is 32.1. The molecule has 0 bridgehead atoms. The number of hydrogen-bond donors (Lipinski definition) is 1. The minimum absolute atomic E-state index is 0.0658. The molecule has 5 nitrogen and oxygen atoms in total. The minimum Gasteiger partial charge on any atom is -0.346 e. The molecular weight excluding hydrogens is 262 g/mol. The van der Waals surface area contributed by atoms with Gasteiger partial charge in [-0.15, -0.1) is 0 Å². The van der Waals surface area contributed by atoms with E-state index in [1.807, 2.05) is 6.07 Å². The Balaban J connectivity index is 2.58. The van der Waals surface area contributed by atoms with E-state index >= 15 is 0 Å². The summed E-state index contributed by atoms with van der Waals surface area (Å²) in [5.74, 6) is 0. The molecule has 0 aliphatic rings. The van der Waals surface area contributed by atoms with Crippen molar-refractivity contribution < 1.29 is 4.92 Å². The molecule has 0 aliphatic carbocycles. The minimum atomic E-state index is -0.404. The molecule has 0 atom stereocenters. The van der Waals surface area contributed by atoms with Gasteiger partial charge in [0.25, 0.3) is 5.69 Å². The van der Waals surface area contributed by atoms with Crippen LogP contribution in [-0.4, -0.2) is 14.9 Å². The zero-order valence-corrected chi connectivity index (χ0v) is 11.2. The molecule has 2 rings (SSSR count). The lowest BCUT2D eigenvalue weighted by molar-refractivity contribution is -0.384. The summed E-state index contributed by atoms with van der Waals surface area (Å²) in [4.78, 5) is 17.5. The van der Waals surface area contributed by atoms with Crippen LogP contribution in [0.4, 0.5) is 5.69 Å². The van der Waals surface area contributed by atoms with Crippen molar-refractivity contribution >= 4 is 17.9 Å². The predicted molar refractivity (Wildman–Crippen MR) is 75.5 cm³/mol. The molecule has 0 aliphatic heterocycles. The molecule has 2 aromatic rings. The van der Waals surface area contributed by atoms with Gasteiger partial charge in [-0.05, 0) is 6.42 Å². The van der Waals surface area contributed by atoms with E-state index in [2.05, 4.69) is 16.9 Å². The quantitative estimate of drug-likeness (QED) is 0.525. The molecule has 0 fully saturated rings. The first kappa shape index (κ1) is 13.4. The number of nitrogens with one attached hydrogen (secondary N) is 1. The Morgan fingerprint density at radius 2 is 2.26 bits per heavy atom. The fraction of sp³-hybridized carbons (Fsp3) is 0.231. The van der Waals surface area contributed by atoms with Crippen LogP contribution in [0.5, 0.6) is 0 Å². The van der Waals surface area contributed by atoms with Crippen molar-refractivity contribution in [2.24, 2.45) is 0 Å². The standard InChI is InChI=1S/C13H13N3O2S/c1-2-4-11-12(14-8-15-13(11)19)9-5-3-6-10(7-9)16(17)18/h3,5-8H,2,4H2,1H3,(H,14,15,19). The van der Waals surface area contributed by atoms with E-state index in [-0.39, 0.29) is 5.69 Å². The lowest BCUT2D eigenvalue weighted by Gasteiger charge is -2.08. The number of non-ortho nitro benzene ring substituents is 1. The molecular formula is C13H13N3O2S. The van der Waals surface area contributed by atoms with Crippen molar-refractivity contribution in [2.75, 3.05) is 0 Å². The van der Waals surface area contributed by atoms with Gasteiger partial charge in [0.15, 0.2) is 0 Å². The summed E-state index contributed by atoms with van der Waals surface area (Å²) >= 11 is 5.22. The lowest BCUT2D eigenvalue weighted by Crippen LogP contribution is -1.97. The third kappa shape index (κ3) is 2.85. The van der Waals surface area contributed by atoms with Gasteiger partial charge in [0, 0.05) is 23.3 Å². The maximum atomic E-state index is 10.8. The van der Waals surface area contributed by atoms with Crippen molar-refractivity contribution in [3.05, 3.63) is 50.9 Å². The Kier molecular flexibility index (Phi) is 4.01. The van der Waals surface area contributed by atoms with E-state index in [0.717, 1.165) is 29.7 Å². The van der Waals surface area contributed by atoms with Crippen molar-refractivity contribution in [3.63, 3.8) is 0 Å². The fourth-order valence-corrected chi connectivity index (χ4v) is 2.20. The number of nitrogens with zero attached hydrogens (tertiary/aromatic N) is 2. The number of hydrogen-bond acceptors (Lipinski definition) is 4. The van der Waals surface area contributed by atoms with Crippen LogP contribution in [0.2, 0.25) is 0 Å². The second-order valence-electron chi connectivity index (χ2n) is 4.12. The Morgan fingerprint density at radius 3 is 2.95 bits per heavy atom. The summed E-state index contributed by atoms with van der Waals surface area (Å²) in [6, 6.07) is 6.51. The Bertz CT molecular complexity index is 667. The van der Waals surface area contributed by atoms with E-state index in [1.54, 1.807) is 12.1 Å². The number of H-pyrrole nitrogens is 1. The fourth-order valence-electron chi connectivity index (χ4n) is 1.94. The van der Waals surface area contributed by atoms with Crippen molar-refractivity contribution in [1.82, 2.24) is 9.97 Å². The van der Waals surface area contributed by atoms with Crippen molar-refractivity contribution in [3.8, 4) is 11.3 Å². The largest absolute Gasteiger partial charge is 0.346 e. The number of aromatic nitrogens is 2. The molecule has 1 heterocycles. The van der Waals surface area contributed by atoms with Gasteiger partial charge in [-0.3, -0.25) is 10.1 Å². The van der Waals surface area contributed by atoms with E-state index in [1.165, 1.54) is 12.4 Å². The first-order chi connectivity index (χ1) is 9.13. The molecule has 19 heavy (non-hydrogen) atoms. The van der Waals surface area contributed by atoms with Crippen LogP contribution < -0.4 is 0 Å². The summed E-state index contributed by atoms with van der Waals surface area (Å²) in [5.41, 5.74) is 2.56. The van der Waals surface area contributed by atoms with Gasteiger partial charge in [0.05, 0.1) is 16.9 Å². The highest BCUT2D eigenvalue weighted by molar-refractivity contribution is 7.71. The molecule has 0 saturated heterocycles. The van der Waals surface area contributed by atoms with Crippen LogP contribution in [0.3, 0.4) is 0 Å². The molecule has 0 saturated carbocycles. The van der Waals surface area contributed by atoms with Crippen LogP contribution in [-0.2, 0) is 6.42 Å². The van der Waals surface area contributed by atoms with E-state index in [4.69, 9.17) is 12.2 Å². The number of benzene rings is 1. The van der Waals surface area contributed by atoms with E-state index < -0.39 is 4.92 Å². The summed E-state index contributed by atoms with van der Waals surface area (Å²) in [5, 5.41) is 10.8. The molecule has 0 unspecified atom stereocenters. The third-order valence-corrected chi connectivity index (χ3v) is 3.15. The normalized spacial score (nSPS) is 10.4. The summed E-state index contributed by atoms with van der Waals surface area (Å²) < 4.78 is 0.544. The molecule has 0 amide bonds. The van der Waals surface area contributed by atoms with E-state index in [0.29, 0.717) is 4.64 Å². The van der Waals surface area contributed by atoms with Gasteiger partial charge >= 0.3 is 0 Å². The lowest BCUT2D eigenvalue weighted by atomic mass is 10.0. The van der Waals surface area contributed by atoms with Crippen LogP contribution >= 0.6 is 12.2 Å². The maximum Gasteiger partial charge on any atom is 0.270 e. The van der Waals surface area contributed by atoms with Gasteiger partial charge in [-0.2, -0.15) is 0 Å². The second-order valence-corrected chi connectivity index (χ2v) is 4.51. The first-order valence-corrected chi connectivity index (χ1v) is 6.35. The molecule has 1 aromatic heterocycles. The van der Waals surface area contributed by atoms with Gasteiger partial charge in [-0.25, -0.2) is 4.98 Å². The Labute approximate surface area is 115 Å². The topological polar surface area (TPSA) is 71.8 Å². The number of nitro groups is 1. The van der Waals surface area contributed by atoms with Gasteiger partial charge in [0.1, 0.15) is 4.64 Å². The van der Waals surface area contributed by atoms with Gasteiger partial charge in [-0.1, -0.05) is 37.7 Å². The zero-order chi connectivity index (χ0) is 13.8. The SMILES string of the molecule is CCCc1c(-c2cccc([N+](=O)[O-])c2)[nH]cnc1=S. The maximum absolute atomic E-state index is 10.8. The molecule has 98 valence electrons. The molecule has 1 N–H and O–H groups in total. The number of nitro benzene ring substituents is 1. The summed E-state index contributed by atoms with van der Waals surface area (Å²) in [6.07, 6.45) is 3.25. The molecule has 1 aromatic carbocycles. The van der Waals surface area contributed by atoms with Crippen molar-refractivity contribution in [1.29, 1.82) is 0 Å². The van der Waals surface area contributed by atoms with Crippen LogP contribution in [0, 0.1) is 14.8 Å². The van der Waals surface area contributed by atoms with Crippen LogP contribution in [0.1, 0.15) is 18.9 Å². The van der Waals surface area contributed by atoms with E-state index in [9.17, 15) is 10.1 Å². The van der Waals surface area contributed by atoms with Gasteiger partial charge < -0.3 is 4.98 Å². The van der Waals surface area contributed by atoms with Crippen LogP contribution in [0.25, 0.3) is 11.3 Å². The molecule has 6 heteroatoms. The molecule has 0 spiro atoms. The monoisotopic (exact) mass is 275 g/mol. The average molecular weight is 275 g/mol. The predicted octanol–water partition coefficient (Wildman–Crippen LogP) is 3.67. The Morgan fingerprint density at radius 1 is 1.47 bits per heavy atom. The van der Waals surface area contributed by atoms with Gasteiger partial charge in [0.2, 0.25) is 0 Å². The average Bonchev–Trinajstić information content (AvgIpc) is 2.41. The smallest absolute Gasteiger partial charge is 0.270 e. The number of aromatic amines is 1. The second kappa shape index (κ2) is 5.71. The Hall–Kier alpha value is -2.08. The summed E-state index contributed by atoms with van der Waals surface area (Å²) in [7, 11) is 0.